The highest BCUT2D eigenvalue weighted by Crippen LogP contribution is 2.21. The molecule has 0 aliphatic rings. The SMILES string of the molecule is CNC(Cc1cc(Cl)ccc1F)c1ccnnc1. The maximum Gasteiger partial charge on any atom is 0.126 e. The third-order valence-electron chi connectivity index (χ3n) is 2.79. The van der Waals surface area contributed by atoms with E-state index < -0.39 is 0 Å². The van der Waals surface area contributed by atoms with Gasteiger partial charge in [0.1, 0.15) is 5.82 Å². The summed E-state index contributed by atoms with van der Waals surface area (Å²) in [6.45, 7) is 0. The number of nitrogens with one attached hydrogen (secondary N) is 1. The van der Waals surface area contributed by atoms with E-state index in [9.17, 15) is 4.39 Å². The highest BCUT2D eigenvalue weighted by atomic mass is 35.5. The summed E-state index contributed by atoms with van der Waals surface area (Å²) in [5.41, 5.74) is 1.55. The van der Waals surface area contributed by atoms with Crippen molar-refractivity contribution in [1.29, 1.82) is 0 Å². The molecule has 2 rings (SSSR count). The van der Waals surface area contributed by atoms with Gasteiger partial charge in [-0.2, -0.15) is 10.2 Å². The molecule has 1 aromatic carbocycles. The standard InChI is InChI=1S/C13H13ClFN3/c1-16-13(9-4-5-17-18-8-9)7-10-6-11(14)2-3-12(10)15/h2-6,8,13,16H,7H2,1H3. The molecule has 0 radical (unpaired) electrons. The number of halogens is 2. The second-order valence-corrected chi connectivity index (χ2v) is 4.39. The predicted molar refractivity (Wildman–Crippen MR) is 68.9 cm³/mol. The first kappa shape index (κ1) is 12.9. The third-order valence-corrected chi connectivity index (χ3v) is 3.02. The largest absolute Gasteiger partial charge is 0.313 e. The molecular formula is C13H13ClFN3. The monoisotopic (exact) mass is 265 g/mol. The van der Waals surface area contributed by atoms with Gasteiger partial charge < -0.3 is 5.32 Å². The number of nitrogens with zero attached hydrogens (tertiary/aromatic N) is 2. The Morgan fingerprint density at radius 1 is 1.33 bits per heavy atom. The average Bonchev–Trinajstić information content (AvgIpc) is 2.41. The number of aromatic nitrogens is 2. The molecule has 1 atom stereocenters. The summed E-state index contributed by atoms with van der Waals surface area (Å²) in [5, 5.41) is 11.2. The van der Waals surface area contributed by atoms with E-state index in [1.807, 2.05) is 13.1 Å². The van der Waals surface area contributed by atoms with Crippen molar-refractivity contribution in [1.82, 2.24) is 15.5 Å². The number of hydrogen-bond acceptors (Lipinski definition) is 3. The molecule has 0 amide bonds. The maximum absolute atomic E-state index is 13.7. The van der Waals surface area contributed by atoms with Gasteiger partial charge in [-0.1, -0.05) is 11.6 Å². The fourth-order valence-corrected chi connectivity index (χ4v) is 2.01. The number of benzene rings is 1. The highest BCUT2D eigenvalue weighted by Gasteiger charge is 2.13. The Hall–Kier alpha value is -1.52. The van der Waals surface area contributed by atoms with Gasteiger partial charge >= 0.3 is 0 Å². The first-order valence-corrected chi connectivity index (χ1v) is 5.96. The Bertz CT molecular complexity index is 519. The van der Waals surface area contributed by atoms with Crippen molar-refractivity contribution in [3.8, 4) is 0 Å². The number of likely N-dealkylation sites (N-methyl/N-ethyl adjacent to an activating group) is 1. The summed E-state index contributed by atoms with van der Waals surface area (Å²) in [5.74, 6) is -0.248. The molecular weight excluding hydrogens is 253 g/mol. The molecule has 1 N–H and O–H groups in total. The summed E-state index contributed by atoms with van der Waals surface area (Å²) in [6, 6.07) is 6.41. The third kappa shape index (κ3) is 3.03. The molecule has 0 saturated heterocycles. The van der Waals surface area contributed by atoms with E-state index in [-0.39, 0.29) is 11.9 Å². The van der Waals surface area contributed by atoms with Crippen molar-refractivity contribution in [3.63, 3.8) is 0 Å². The van der Waals surface area contributed by atoms with Crippen molar-refractivity contribution in [2.45, 2.75) is 12.5 Å². The van der Waals surface area contributed by atoms with Gasteiger partial charge in [0.05, 0.1) is 6.20 Å². The molecule has 2 aromatic rings. The maximum atomic E-state index is 13.7. The Morgan fingerprint density at radius 2 is 2.17 bits per heavy atom. The smallest absolute Gasteiger partial charge is 0.126 e. The lowest BCUT2D eigenvalue weighted by Gasteiger charge is -2.16. The Labute approximate surface area is 110 Å². The van der Waals surface area contributed by atoms with Gasteiger partial charge in [0.25, 0.3) is 0 Å². The van der Waals surface area contributed by atoms with Crippen LogP contribution >= 0.6 is 11.6 Å². The van der Waals surface area contributed by atoms with Crippen LogP contribution < -0.4 is 5.32 Å². The summed E-state index contributed by atoms with van der Waals surface area (Å²) in [7, 11) is 1.83. The molecule has 0 aliphatic carbocycles. The highest BCUT2D eigenvalue weighted by molar-refractivity contribution is 6.30. The van der Waals surface area contributed by atoms with Crippen LogP contribution in [0.1, 0.15) is 17.2 Å². The fraction of sp³-hybridized carbons (Fsp3) is 0.231. The Morgan fingerprint density at radius 3 is 2.83 bits per heavy atom. The predicted octanol–water partition coefficient (Wildman–Crippen LogP) is 2.77. The van der Waals surface area contributed by atoms with Gasteiger partial charge in [0, 0.05) is 17.3 Å². The summed E-state index contributed by atoms with van der Waals surface area (Å²) in [4.78, 5) is 0. The molecule has 0 saturated carbocycles. The lowest BCUT2D eigenvalue weighted by Crippen LogP contribution is -2.19. The zero-order valence-corrected chi connectivity index (χ0v) is 10.7. The van der Waals surface area contributed by atoms with Crippen LogP contribution in [-0.2, 0) is 6.42 Å². The average molecular weight is 266 g/mol. The second kappa shape index (κ2) is 5.89. The zero-order chi connectivity index (χ0) is 13.0. The molecule has 94 valence electrons. The van der Waals surface area contributed by atoms with Crippen LogP contribution in [0.4, 0.5) is 4.39 Å². The van der Waals surface area contributed by atoms with Gasteiger partial charge in [-0.3, -0.25) is 0 Å². The lowest BCUT2D eigenvalue weighted by atomic mass is 10.0. The number of hydrogen-bond donors (Lipinski definition) is 1. The first-order chi connectivity index (χ1) is 8.70. The van der Waals surface area contributed by atoms with E-state index in [2.05, 4.69) is 15.5 Å². The topological polar surface area (TPSA) is 37.8 Å². The second-order valence-electron chi connectivity index (χ2n) is 3.96. The van der Waals surface area contributed by atoms with E-state index in [4.69, 9.17) is 11.6 Å². The molecule has 18 heavy (non-hydrogen) atoms. The van der Waals surface area contributed by atoms with Crippen molar-refractivity contribution in [3.05, 3.63) is 58.6 Å². The Balaban J connectivity index is 2.23. The first-order valence-electron chi connectivity index (χ1n) is 5.58. The number of rotatable bonds is 4. The molecule has 5 heteroatoms. The summed E-state index contributed by atoms with van der Waals surface area (Å²) < 4.78 is 13.7. The van der Waals surface area contributed by atoms with Crippen molar-refractivity contribution in [2.24, 2.45) is 0 Å². The molecule has 0 spiro atoms. The Kier molecular flexibility index (Phi) is 4.23. The molecule has 1 aromatic heterocycles. The van der Waals surface area contributed by atoms with Gasteiger partial charge in [0.15, 0.2) is 0 Å². The van der Waals surface area contributed by atoms with Crippen molar-refractivity contribution < 1.29 is 4.39 Å². The van der Waals surface area contributed by atoms with Crippen LogP contribution in [0, 0.1) is 5.82 Å². The molecule has 1 heterocycles. The minimum Gasteiger partial charge on any atom is -0.313 e. The van der Waals surface area contributed by atoms with Crippen LogP contribution in [0.3, 0.4) is 0 Å². The van der Waals surface area contributed by atoms with Crippen LogP contribution in [0.25, 0.3) is 0 Å². The van der Waals surface area contributed by atoms with E-state index in [1.54, 1.807) is 24.5 Å². The van der Waals surface area contributed by atoms with E-state index >= 15 is 0 Å². The van der Waals surface area contributed by atoms with Gasteiger partial charge in [-0.25, -0.2) is 4.39 Å². The van der Waals surface area contributed by atoms with Crippen LogP contribution in [0.15, 0.2) is 36.7 Å². The minimum absolute atomic E-state index is 0.0199. The van der Waals surface area contributed by atoms with Gasteiger partial charge in [0.2, 0.25) is 0 Å². The van der Waals surface area contributed by atoms with Crippen LogP contribution in [0.2, 0.25) is 5.02 Å². The van der Waals surface area contributed by atoms with E-state index in [1.165, 1.54) is 6.07 Å². The lowest BCUT2D eigenvalue weighted by molar-refractivity contribution is 0.552. The van der Waals surface area contributed by atoms with E-state index in [0.29, 0.717) is 17.0 Å². The molecule has 0 bridgehead atoms. The van der Waals surface area contributed by atoms with Crippen molar-refractivity contribution in [2.75, 3.05) is 7.05 Å². The molecule has 0 fully saturated rings. The zero-order valence-electron chi connectivity index (χ0n) is 9.90. The van der Waals surface area contributed by atoms with Crippen LogP contribution in [0.5, 0.6) is 0 Å². The molecule has 3 nitrogen and oxygen atoms in total. The minimum atomic E-state index is -0.248. The molecule has 0 aliphatic heterocycles. The molecule has 1 unspecified atom stereocenters. The normalized spacial score (nSPS) is 12.4. The summed E-state index contributed by atoms with van der Waals surface area (Å²) >= 11 is 5.88. The van der Waals surface area contributed by atoms with Gasteiger partial charge in [-0.15, -0.1) is 0 Å². The van der Waals surface area contributed by atoms with Gasteiger partial charge in [-0.05, 0) is 48.9 Å². The fourth-order valence-electron chi connectivity index (χ4n) is 1.81. The van der Waals surface area contributed by atoms with E-state index in [0.717, 1.165) is 5.56 Å². The van der Waals surface area contributed by atoms with Crippen molar-refractivity contribution >= 4 is 11.6 Å². The summed E-state index contributed by atoms with van der Waals surface area (Å²) in [6.07, 6.45) is 3.80. The van der Waals surface area contributed by atoms with Crippen LogP contribution in [-0.4, -0.2) is 17.2 Å². The quantitative estimate of drug-likeness (QED) is 0.924.